The zero-order chi connectivity index (χ0) is 19.9. The fraction of sp³-hybridized carbons (Fsp3) is 0.636. The number of anilines is 1. The zero-order valence-corrected chi connectivity index (χ0v) is 17.0. The van der Waals surface area contributed by atoms with Crippen molar-refractivity contribution in [1.82, 2.24) is 0 Å². The molecule has 0 radical (unpaired) electrons. The third-order valence-corrected chi connectivity index (χ3v) is 4.64. The van der Waals surface area contributed by atoms with Crippen LogP contribution in [0.15, 0.2) is 18.2 Å². The fourth-order valence-corrected chi connectivity index (χ4v) is 3.10. The SMILES string of the molecule is CCCCCCCCCCCCc1ccc(NC(=O)C(N)=O)c(OCC)c1. The van der Waals surface area contributed by atoms with Gasteiger partial charge in [-0.05, 0) is 37.5 Å². The van der Waals surface area contributed by atoms with Crippen LogP contribution in [0.2, 0.25) is 0 Å². The van der Waals surface area contributed by atoms with E-state index in [0.29, 0.717) is 18.0 Å². The quantitative estimate of drug-likeness (QED) is 0.355. The van der Waals surface area contributed by atoms with E-state index >= 15 is 0 Å². The summed E-state index contributed by atoms with van der Waals surface area (Å²) in [5.41, 5.74) is 6.65. The maximum Gasteiger partial charge on any atom is 0.313 e. The molecule has 0 aromatic heterocycles. The van der Waals surface area contributed by atoms with Gasteiger partial charge in [0.05, 0.1) is 12.3 Å². The summed E-state index contributed by atoms with van der Waals surface area (Å²) in [4.78, 5) is 22.4. The Bertz CT molecular complexity index is 573. The summed E-state index contributed by atoms with van der Waals surface area (Å²) in [5.74, 6) is -1.26. The summed E-state index contributed by atoms with van der Waals surface area (Å²) in [7, 11) is 0. The molecule has 5 nitrogen and oxygen atoms in total. The first-order valence-electron chi connectivity index (χ1n) is 10.4. The second-order valence-electron chi connectivity index (χ2n) is 7.01. The van der Waals surface area contributed by atoms with Gasteiger partial charge in [-0.1, -0.05) is 70.8 Å². The molecule has 2 amide bonds. The number of benzene rings is 1. The summed E-state index contributed by atoms with van der Waals surface area (Å²) in [5, 5.41) is 2.49. The standard InChI is InChI=1S/C22H36N2O3/c1-3-5-6-7-8-9-10-11-12-13-14-18-15-16-19(20(17-18)27-4-2)24-22(26)21(23)25/h15-17H,3-14H2,1-2H3,(H2,23,25)(H,24,26). The molecule has 1 rings (SSSR count). The van der Waals surface area contributed by atoms with Gasteiger partial charge in [-0.25, -0.2) is 0 Å². The maximum atomic E-state index is 11.5. The second-order valence-corrected chi connectivity index (χ2v) is 7.01. The molecule has 0 saturated heterocycles. The monoisotopic (exact) mass is 376 g/mol. The van der Waals surface area contributed by atoms with Gasteiger partial charge in [-0.2, -0.15) is 0 Å². The van der Waals surface area contributed by atoms with Gasteiger partial charge < -0.3 is 15.8 Å². The van der Waals surface area contributed by atoms with Crippen molar-refractivity contribution in [1.29, 1.82) is 0 Å². The van der Waals surface area contributed by atoms with Crippen molar-refractivity contribution in [3.8, 4) is 5.75 Å². The Morgan fingerprint density at radius 3 is 2.07 bits per heavy atom. The summed E-state index contributed by atoms with van der Waals surface area (Å²) in [6, 6.07) is 5.68. The lowest BCUT2D eigenvalue weighted by Gasteiger charge is -2.12. The van der Waals surface area contributed by atoms with Crippen molar-refractivity contribution in [3.63, 3.8) is 0 Å². The molecule has 152 valence electrons. The molecule has 5 heteroatoms. The molecule has 0 heterocycles. The van der Waals surface area contributed by atoms with Gasteiger partial charge in [-0.3, -0.25) is 9.59 Å². The van der Waals surface area contributed by atoms with Crippen molar-refractivity contribution >= 4 is 17.5 Å². The van der Waals surface area contributed by atoms with Gasteiger partial charge in [-0.15, -0.1) is 0 Å². The van der Waals surface area contributed by atoms with Crippen LogP contribution < -0.4 is 15.8 Å². The molecule has 0 saturated carbocycles. The highest BCUT2D eigenvalue weighted by Crippen LogP contribution is 2.27. The van der Waals surface area contributed by atoms with Crippen molar-refractivity contribution < 1.29 is 14.3 Å². The van der Waals surface area contributed by atoms with Crippen LogP contribution in [0.3, 0.4) is 0 Å². The van der Waals surface area contributed by atoms with Crippen LogP contribution in [0.5, 0.6) is 5.75 Å². The molecule has 0 spiro atoms. The molecular formula is C22H36N2O3. The Balaban J connectivity index is 2.33. The first-order valence-corrected chi connectivity index (χ1v) is 10.4. The minimum atomic E-state index is -1.01. The Morgan fingerprint density at radius 1 is 0.926 bits per heavy atom. The van der Waals surface area contributed by atoms with Gasteiger partial charge in [0, 0.05) is 0 Å². The highest BCUT2D eigenvalue weighted by molar-refractivity contribution is 6.39. The van der Waals surface area contributed by atoms with Crippen molar-refractivity contribution in [2.24, 2.45) is 5.73 Å². The first-order chi connectivity index (χ1) is 13.1. The first kappa shape index (κ1) is 23.0. The van der Waals surface area contributed by atoms with E-state index in [1.807, 2.05) is 19.1 Å². The lowest BCUT2D eigenvalue weighted by atomic mass is 10.0. The smallest absolute Gasteiger partial charge is 0.313 e. The number of hydrogen-bond donors (Lipinski definition) is 2. The Morgan fingerprint density at radius 2 is 1.52 bits per heavy atom. The molecule has 0 bridgehead atoms. The molecule has 0 aliphatic carbocycles. The number of hydrogen-bond acceptors (Lipinski definition) is 3. The summed E-state index contributed by atoms with van der Waals surface area (Å²) >= 11 is 0. The van der Waals surface area contributed by atoms with Crippen molar-refractivity contribution in [2.75, 3.05) is 11.9 Å². The van der Waals surface area contributed by atoms with Crippen LogP contribution in [-0.2, 0) is 16.0 Å². The topological polar surface area (TPSA) is 81.4 Å². The molecule has 1 aromatic carbocycles. The van der Waals surface area contributed by atoms with Crippen LogP contribution >= 0.6 is 0 Å². The number of aryl methyl sites for hydroxylation is 1. The molecule has 0 fully saturated rings. The third-order valence-electron chi connectivity index (χ3n) is 4.64. The van der Waals surface area contributed by atoms with Gasteiger partial charge in [0.15, 0.2) is 0 Å². The summed E-state index contributed by atoms with van der Waals surface area (Å²) in [6.07, 6.45) is 14.2. The minimum absolute atomic E-state index is 0.479. The van der Waals surface area contributed by atoms with Gasteiger partial charge >= 0.3 is 11.8 Å². The van der Waals surface area contributed by atoms with Crippen LogP contribution in [0.4, 0.5) is 5.69 Å². The number of carbonyl (C=O) groups excluding carboxylic acids is 2. The number of nitrogens with one attached hydrogen (secondary N) is 1. The highest BCUT2D eigenvalue weighted by Gasteiger charge is 2.13. The summed E-state index contributed by atoms with van der Waals surface area (Å²) < 4.78 is 5.59. The number of unbranched alkanes of at least 4 members (excludes halogenated alkanes) is 9. The van der Waals surface area contributed by atoms with Gasteiger partial charge in [0.1, 0.15) is 5.75 Å². The van der Waals surface area contributed by atoms with Crippen molar-refractivity contribution in [3.05, 3.63) is 23.8 Å². The number of amides is 2. The van der Waals surface area contributed by atoms with E-state index in [4.69, 9.17) is 10.5 Å². The number of rotatable bonds is 14. The molecule has 27 heavy (non-hydrogen) atoms. The highest BCUT2D eigenvalue weighted by atomic mass is 16.5. The van der Waals surface area contributed by atoms with Crippen LogP contribution in [0, 0.1) is 0 Å². The van der Waals surface area contributed by atoms with E-state index < -0.39 is 11.8 Å². The van der Waals surface area contributed by atoms with Crippen LogP contribution in [0.1, 0.15) is 83.6 Å². The van der Waals surface area contributed by atoms with Crippen molar-refractivity contribution in [2.45, 2.75) is 84.5 Å². The zero-order valence-electron chi connectivity index (χ0n) is 17.0. The number of primary amides is 1. The molecule has 1 aromatic rings. The van der Waals surface area contributed by atoms with Crippen LogP contribution in [-0.4, -0.2) is 18.4 Å². The number of ether oxygens (including phenoxy) is 1. The second kappa shape index (κ2) is 14.1. The number of nitrogens with two attached hydrogens (primary N) is 1. The fourth-order valence-electron chi connectivity index (χ4n) is 3.10. The van der Waals surface area contributed by atoms with E-state index in [9.17, 15) is 9.59 Å². The van der Waals surface area contributed by atoms with E-state index in [2.05, 4.69) is 12.2 Å². The van der Waals surface area contributed by atoms with E-state index in [-0.39, 0.29) is 0 Å². The molecule has 0 aliphatic heterocycles. The van der Waals surface area contributed by atoms with E-state index in [1.165, 1.54) is 63.4 Å². The average Bonchev–Trinajstić information content (AvgIpc) is 2.65. The largest absolute Gasteiger partial charge is 0.492 e. The number of carbonyl (C=O) groups is 2. The predicted molar refractivity (Wildman–Crippen MR) is 111 cm³/mol. The lowest BCUT2D eigenvalue weighted by Crippen LogP contribution is -2.29. The van der Waals surface area contributed by atoms with Gasteiger partial charge in [0.25, 0.3) is 0 Å². The Hall–Kier alpha value is -2.04. The van der Waals surface area contributed by atoms with Gasteiger partial charge in [0.2, 0.25) is 0 Å². The lowest BCUT2D eigenvalue weighted by molar-refractivity contribution is -0.134. The van der Waals surface area contributed by atoms with E-state index in [1.54, 1.807) is 6.07 Å². The minimum Gasteiger partial charge on any atom is -0.492 e. The normalized spacial score (nSPS) is 10.6. The van der Waals surface area contributed by atoms with E-state index in [0.717, 1.165) is 12.8 Å². The molecule has 0 aliphatic rings. The van der Waals surface area contributed by atoms with Crippen LogP contribution in [0.25, 0.3) is 0 Å². The maximum absolute atomic E-state index is 11.5. The molecule has 0 unspecified atom stereocenters. The third kappa shape index (κ3) is 10.0. The molecule has 3 N–H and O–H groups in total. The Kier molecular flexibility index (Phi) is 12.0. The average molecular weight is 377 g/mol. The summed E-state index contributed by atoms with van der Waals surface area (Å²) in [6.45, 7) is 4.62. The predicted octanol–water partition coefficient (Wildman–Crippen LogP) is 4.97. The molecular weight excluding hydrogens is 340 g/mol. The molecule has 0 atom stereocenters. The Labute approximate surface area is 164 Å².